The molecule has 3 rings (SSSR count). The molecule has 0 fully saturated rings. The number of thiophene rings is 1. The summed E-state index contributed by atoms with van der Waals surface area (Å²) < 4.78 is 0. The first-order chi connectivity index (χ1) is 10.6. The van der Waals surface area contributed by atoms with Gasteiger partial charge in [0.1, 0.15) is 9.88 Å². The number of rotatable bonds is 5. The van der Waals surface area contributed by atoms with Crippen molar-refractivity contribution in [1.29, 1.82) is 0 Å². The number of carbonyl (C=O) groups excluding carboxylic acids is 1. The van der Waals surface area contributed by atoms with E-state index in [1.807, 2.05) is 19.2 Å². The summed E-state index contributed by atoms with van der Waals surface area (Å²) in [6.45, 7) is 3.82. The van der Waals surface area contributed by atoms with Gasteiger partial charge in [-0.3, -0.25) is 4.79 Å². The minimum Gasteiger partial charge on any atom is -0.342 e. The van der Waals surface area contributed by atoms with Gasteiger partial charge in [-0.2, -0.15) is 11.3 Å². The molecule has 1 N–H and O–H groups in total. The zero-order chi connectivity index (χ0) is 15.5. The number of hydrogen-bond acceptors (Lipinski definition) is 6. The van der Waals surface area contributed by atoms with Crippen LogP contribution in [0.25, 0.3) is 0 Å². The maximum Gasteiger partial charge on any atom is 0.263 e. The van der Waals surface area contributed by atoms with Crippen LogP contribution in [-0.2, 0) is 6.42 Å². The first-order valence-electron chi connectivity index (χ1n) is 6.77. The van der Waals surface area contributed by atoms with Gasteiger partial charge in [0.15, 0.2) is 0 Å². The van der Waals surface area contributed by atoms with Crippen molar-refractivity contribution in [2.45, 2.75) is 26.3 Å². The van der Waals surface area contributed by atoms with Crippen molar-refractivity contribution in [2.24, 2.45) is 0 Å². The summed E-state index contributed by atoms with van der Waals surface area (Å²) in [5.41, 5.74) is 4.67. The zero-order valence-electron chi connectivity index (χ0n) is 12.2. The summed E-state index contributed by atoms with van der Waals surface area (Å²) in [5.74, 6) is -0.0758. The third-order valence-electron chi connectivity index (χ3n) is 3.21. The van der Waals surface area contributed by atoms with E-state index in [2.05, 4.69) is 32.1 Å². The fourth-order valence-electron chi connectivity index (χ4n) is 2.12. The maximum atomic E-state index is 12.5. The van der Waals surface area contributed by atoms with Crippen LogP contribution in [0, 0.1) is 13.8 Å². The highest BCUT2D eigenvalue weighted by Gasteiger charge is 2.21. The Bertz CT molecular complexity index is 761. The lowest BCUT2D eigenvalue weighted by molar-refractivity contribution is 0.0939. The third kappa shape index (κ3) is 3.43. The van der Waals surface area contributed by atoms with Crippen molar-refractivity contribution < 1.29 is 4.79 Å². The number of amides is 1. The van der Waals surface area contributed by atoms with Crippen LogP contribution in [0.3, 0.4) is 0 Å². The van der Waals surface area contributed by atoms with E-state index in [9.17, 15) is 4.79 Å². The van der Waals surface area contributed by atoms with Crippen molar-refractivity contribution in [1.82, 2.24) is 15.3 Å². The molecule has 22 heavy (non-hydrogen) atoms. The van der Waals surface area contributed by atoms with E-state index in [4.69, 9.17) is 0 Å². The third-order valence-corrected chi connectivity index (χ3v) is 5.95. The summed E-state index contributed by atoms with van der Waals surface area (Å²) in [4.78, 5) is 21.8. The molecule has 1 amide bonds. The molecule has 3 aromatic rings. The second-order valence-electron chi connectivity index (χ2n) is 4.96. The van der Waals surface area contributed by atoms with E-state index in [1.54, 1.807) is 28.2 Å². The van der Waals surface area contributed by atoms with Gasteiger partial charge in [-0.05, 0) is 36.2 Å². The van der Waals surface area contributed by atoms with Crippen molar-refractivity contribution in [3.8, 4) is 0 Å². The Kier molecular flexibility index (Phi) is 4.66. The Balaban J connectivity index is 1.82. The topological polar surface area (TPSA) is 54.9 Å². The highest BCUT2D eigenvalue weighted by atomic mass is 32.1. The van der Waals surface area contributed by atoms with E-state index in [0.717, 1.165) is 22.8 Å². The fraction of sp³-hybridized carbons (Fsp3) is 0.267. The van der Waals surface area contributed by atoms with Crippen LogP contribution in [0.4, 0.5) is 0 Å². The van der Waals surface area contributed by atoms with Crippen LogP contribution < -0.4 is 5.32 Å². The monoisotopic (exact) mass is 349 g/mol. The Morgan fingerprint density at radius 3 is 2.77 bits per heavy atom. The normalized spacial score (nSPS) is 12.3. The number of aryl methyl sites for hydroxylation is 2. The highest BCUT2D eigenvalue weighted by Crippen LogP contribution is 2.24. The largest absolute Gasteiger partial charge is 0.342 e. The van der Waals surface area contributed by atoms with Crippen molar-refractivity contribution >= 4 is 39.9 Å². The van der Waals surface area contributed by atoms with Crippen LogP contribution in [0.2, 0.25) is 0 Å². The number of nitrogens with zero attached hydrogens (tertiary/aromatic N) is 2. The zero-order valence-corrected chi connectivity index (χ0v) is 14.6. The second-order valence-corrected chi connectivity index (χ2v) is 7.48. The second kappa shape index (κ2) is 6.68. The molecule has 0 spiro atoms. The van der Waals surface area contributed by atoms with Gasteiger partial charge < -0.3 is 5.32 Å². The summed E-state index contributed by atoms with van der Waals surface area (Å²) in [6.07, 6.45) is 0.750. The molecule has 0 aliphatic carbocycles. The van der Waals surface area contributed by atoms with Crippen molar-refractivity contribution in [2.75, 3.05) is 0 Å². The fourth-order valence-corrected chi connectivity index (χ4v) is 4.35. The summed E-state index contributed by atoms with van der Waals surface area (Å²) in [5, 5.41) is 10.2. The SMILES string of the molecule is Cc1csc([C@@H](Cc2ccsc2)NC(=O)c2scnc2C)n1. The lowest BCUT2D eigenvalue weighted by atomic mass is 10.1. The van der Waals surface area contributed by atoms with Gasteiger partial charge in [0.05, 0.1) is 17.2 Å². The molecule has 4 nitrogen and oxygen atoms in total. The van der Waals surface area contributed by atoms with Gasteiger partial charge in [0, 0.05) is 17.5 Å². The Morgan fingerprint density at radius 1 is 1.32 bits per heavy atom. The summed E-state index contributed by atoms with van der Waals surface area (Å²) in [6, 6.07) is 1.98. The maximum absolute atomic E-state index is 12.5. The number of carbonyl (C=O) groups is 1. The molecule has 0 aromatic carbocycles. The summed E-state index contributed by atoms with van der Waals surface area (Å²) >= 11 is 4.62. The quantitative estimate of drug-likeness (QED) is 0.758. The van der Waals surface area contributed by atoms with Gasteiger partial charge in [-0.25, -0.2) is 9.97 Å². The standard InChI is InChI=1S/C15H15N3OS3/c1-9-6-21-15(17-9)12(5-11-3-4-20-7-11)18-14(19)13-10(2)16-8-22-13/h3-4,6-8,12H,5H2,1-2H3,(H,18,19)/t12-/m1/s1. The molecule has 1 atom stereocenters. The van der Waals surface area contributed by atoms with E-state index in [-0.39, 0.29) is 11.9 Å². The average Bonchev–Trinajstić information content (AvgIpc) is 3.20. The van der Waals surface area contributed by atoms with Gasteiger partial charge in [0.25, 0.3) is 5.91 Å². The van der Waals surface area contributed by atoms with Gasteiger partial charge >= 0.3 is 0 Å². The van der Waals surface area contributed by atoms with Crippen LogP contribution in [0.1, 0.15) is 37.7 Å². The predicted octanol–water partition coefficient (Wildman–Crippen LogP) is 3.99. The van der Waals surface area contributed by atoms with Gasteiger partial charge in [0.2, 0.25) is 0 Å². The smallest absolute Gasteiger partial charge is 0.263 e. The molecular weight excluding hydrogens is 334 g/mol. The van der Waals surface area contributed by atoms with Crippen LogP contribution in [0.5, 0.6) is 0 Å². The summed E-state index contributed by atoms with van der Waals surface area (Å²) in [7, 11) is 0. The number of aromatic nitrogens is 2. The molecular formula is C15H15N3OS3. The molecule has 3 heterocycles. The molecule has 0 saturated heterocycles. The van der Waals surface area contributed by atoms with Crippen LogP contribution >= 0.6 is 34.0 Å². The highest BCUT2D eigenvalue weighted by molar-refractivity contribution is 7.12. The Morgan fingerprint density at radius 2 is 2.18 bits per heavy atom. The molecule has 0 aliphatic heterocycles. The number of thiazole rings is 2. The minimum atomic E-state index is -0.109. The number of nitrogens with one attached hydrogen (secondary N) is 1. The van der Waals surface area contributed by atoms with Gasteiger partial charge in [-0.15, -0.1) is 22.7 Å². The molecule has 7 heteroatoms. The van der Waals surface area contributed by atoms with Crippen molar-refractivity contribution in [3.63, 3.8) is 0 Å². The average molecular weight is 350 g/mol. The van der Waals surface area contributed by atoms with E-state index < -0.39 is 0 Å². The molecule has 0 unspecified atom stereocenters. The molecule has 3 aromatic heterocycles. The number of hydrogen-bond donors (Lipinski definition) is 1. The molecule has 0 bridgehead atoms. The lowest BCUT2D eigenvalue weighted by Crippen LogP contribution is -2.29. The van der Waals surface area contributed by atoms with Crippen LogP contribution in [-0.4, -0.2) is 15.9 Å². The van der Waals surface area contributed by atoms with E-state index in [0.29, 0.717) is 4.88 Å². The first-order valence-corrected chi connectivity index (χ1v) is 9.47. The first kappa shape index (κ1) is 15.3. The Hall–Kier alpha value is -1.57. The van der Waals surface area contributed by atoms with Crippen molar-refractivity contribution in [3.05, 3.63) is 54.6 Å². The van der Waals surface area contributed by atoms with Gasteiger partial charge in [-0.1, -0.05) is 0 Å². The lowest BCUT2D eigenvalue weighted by Gasteiger charge is -2.15. The molecule has 0 saturated carbocycles. The van der Waals surface area contributed by atoms with E-state index in [1.165, 1.54) is 16.9 Å². The van der Waals surface area contributed by atoms with E-state index >= 15 is 0 Å². The molecule has 0 radical (unpaired) electrons. The minimum absolute atomic E-state index is 0.0758. The molecule has 0 aliphatic rings. The van der Waals surface area contributed by atoms with Crippen LogP contribution in [0.15, 0.2) is 27.7 Å². The molecule has 114 valence electrons. The predicted molar refractivity (Wildman–Crippen MR) is 91.9 cm³/mol. The Labute approximate surface area is 140 Å².